The van der Waals surface area contributed by atoms with Gasteiger partial charge in [-0.2, -0.15) is 0 Å². The van der Waals surface area contributed by atoms with Crippen LogP contribution in [0.2, 0.25) is 0 Å². The van der Waals surface area contributed by atoms with Crippen molar-refractivity contribution in [3.05, 3.63) is 95.8 Å². The zero-order valence-electron chi connectivity index (χ0n) is 16.2. The Morgan fingerprint density at radius 1 is 1.00 bits per heavy atom. The van der Waals surface area contributed by atoms with Crippen LogP contribution in [0.4, 0.5) is 5.69 Å². The number of carbonyl (C=O) groups excluding carboxylic acids is 2. The average molecular weight is 397 g/mol. The van der Waals surface area contributed by atoms with E-state index in [1.165, 1.54) is 0 Å². The molecule has 0 unspecified atom stereocenters. The van der Waals surface area contributed by atoms with Gasteiger partial charge in [0, 0.05) is 24.6 Å². The van der Waals surface area contributed by atoms with E-state index in [0.29, 0.717) is 12.1 Å². The lowest BCUT2D eigenvalue weighted by molar-refractivity contribution is 0.0939. The van der Waals surface area contributed by atoms with E-state index in [1.54, 1.807) is 27.8 Å². The molecule has 2 amide bonds. The Morgan fingerprint density at radius 3 is 2.70 bits per heavy atom. The number of imidazole rings is 1. The van der Waals surface area contributed by atoms with Gasteiger partial charge in [0.2, 0.25) is 5.82 Å². The summed E-state index contributed by atoms with van der Waals surface area (Å²) in [5, 5.41) is 2.84. The van der Waals surface area contributed by atoms with E-state index < -0.39 is 0 Å². The molecule has 3 aromatic heterocycles. The number of hydrogen-bond donors (Lipinski definition) is 1. The molecule has 0 radical (unpaired) electrons. The first kappa shape index (κ1) is 18.1. The highest BCUT2D eigenvalue weighted by molar-refractivity contribution is 6.11. The minimum Gasteiger partial charge on any atom is -0.344 e. The van der Waals surface area contributed by atoms with Crippen LogP contribution >= 0.6 is 0 Å². The fraction of sp³-hybridized carbons (Fsp3) is 0.130. The summed E-state index contributed by atoms with van der Waals surface area (Å²) in [5.74, 6) is -0.382. The lowest BCUT2D eigenvalue weighted by atomic mass is 10.2. The number of aromatic nitrogens is 3. The molecule has 0 saturated carbocycles. The highest BCUT2D eigenvalue weighted by Crippen LogP contribution is 2.29. The number of pyridine rings is 2. The summed E-state index contributed by atoms with van der Waals surface area (Å²) in [6.07, 6.45) is 4.23. The quantitative estimate of drug-likeness (QED) is 0.574. The lowest BCUT2D eigenvalue weighted by Crippen LogP contribution is -2.29. The van der Waals surface area contributed by atoms with Crippen LogP contribution in [-0.2, 0) is 13.0 Å². The molecule has 0 fully saturated rings. The summed E-state index contributed by atoms with van der Waals surface area (Å²) < 4.78 is 1.66. The zero-order valence-corrected chi connectivity index (χ0v) is 16.2. The molecule has 30 heavy (non-hydrogen) atoms. The number of benzene rings is 1. The number of fused-ring (bicyclic) bond motifs is 2. The molecule has 0 atom stereocenters. The summed E-state index contributed by atoms with van der Waals surface area (Å²) in [6.45, 7) is 0.884. The lowest BCUT2D eigenvalue weighted by Gasteiger charge is -2.16. The molecule has 1 aromatic carbocycles. The van der Waals surface area contributed by atoms with Crippen molar-refractivity contribution in [3.63, 3.8) is 0 Å². The van der Waals surface area contributed by atoms with Crippen molar-refractivity contribution in [3.8, 4) is 0 Å². The molecule has 5 rings (SSSR count). The van der Waals surface area contributed by atoms with Gasteiger partial charge in [0.1, 0.15) is 0 Å². The van der Waals surface area contributed by atoms with Crippen LogP contribution < -0.4 is 10.2 Å². The molecule has 7 heteroatoms. The Balaban J connectivity index is 1.47. The van der Waals surface area contributed by atoms with Crippen molar-refractivity contribution in [1.29, 1.82) is 0 Å². The second-order valence-corrected chi connectivity index (χ2v) is 7.08. The molecule has 4 aromatic rings. The van der Waals surface area contributed by atoms with Crippen LogP contribution in [0.25, 0.3) is 5.52 Å². The predicted molar refractivity (Wildman–Crippen MR) is 112 cm³/mol. The Kier molecular flexibility index (Phi) is 4.48. The third kappa shape index (κ3) is 3.10. The van der Waals surface area contributed by atoms with Crippen molar-refractivity contribution < 1.29 is 9.59 Å². The Hall–Kier alpha value is -4.00. The maximum Gasteiger partial charge on any atom is 0.288 e. The van der Waals surface area contributed by atoms with Gasteiger partial charge < -0.3 is 10.2 Å². The van der Waals surface area contributed by atoms with Crippen molar-refractivity contribution in [2.75, 3.05) is 11.4 Å². The molecule has 1 aliphatic heterocycles. The third-order valence-electron chi connectivity index (χ3n) is 5.24. The molecule has 4 heterocycles. The van der Waals surface area contributed by atoms with Gasteiger partial charge in [-0.25, -0.2) is 4.98 Å². The van der Waals surface area contributed by atoms with E-state index in [1.807, 2.05) is 54.6 Å². The molecule has 0 saturated heterocycles. The monoisotopic (exact) mass is 397 g/mol. The van der Waals surface area contributed by atoms with Crippen molar-refractivity contribution >= 4 is 23.0 Å². The van der Waals surface area contributed by atoms with Crippen LogP contribution in [0.1, 0.15) is 32.4 Å². The molecular weight excluding hydrogens is 378 g/mol. The first-order chi connectivity index (χ1) is 14.7. The Labute approximate surface area is 173 Å². The second kappa shape index (κ2) is 7.44. The van der Waals surface area contributed by atoms with Gasteiger partial charge in [-0.3, -0.25) is 19.0 Å². The van der Waals surface area contributed by atoms with E-state index in [4.69, 9.17) is 0 Å². The Bertz CT molecular complexity index is 1250. The maximum absolute atomic E-state index is 13.3. The highest BCUT2D eigenvalue weighted by atomic mass is 16.2. The number of para-hydroxylation sites is 1. The van der Waals surface area contributed by atoms with E-state index in [9.17, 15) is 9.59 Å². The van der Waals surface area contributed by atoms with Gasteiger partial charge in [0.25, 0.3) is 11.8 Å². The minimum atomic E-state index is -0.359. The highest BCUT2D eigenvalue weighted by Gasteiger charge is 2.29. The Morgan fingerprint density at radius 2 is 1.83 bits per heavy atom. The number of rotatable bonds is 4. The van der Waals surface area contributed by atoms with E-state index in [2.05, 4.69) is 15.3 Å². The van der Waals surface area contributed by atoms with Crippen LogP contribution in [0.15, 0.2) is 73.1 Å². The van der Waals surface area contributed by atoms with Crippen LogP contribution in [-0.4, -0.2) is 32.7 Å². The SMILES string of the molecule is O=C(NCc1ccccn1)c1nc(C(=O)N2CCc3ccccc32)c2ccccn12. The van der Waals surface area contributed by atoms with Crippen LogP contribution in [0, 0.1) is 0 Å². The summed E-state index contributed by atoms with van der Waals surface area (Å²) in [7, 11) is 0. The average Bonchev–Trinajstić information content (AvgIpc) is 3.40. The van der Waals surface area contributed by atoms with Crippen molar-refractivity contribution in [2.45, 2.75) is 13.0 Å². The van der Waals surface area contributed by atoms with Gasteiger partial charge >= 0.3 is 0 Å². The van der Waals surface area contributed by atoms with E-state index in [-0.39, 0.29) is 29.9 Å². The standard InChI is InChI=1S/C23H19N5O2/c29-22(25-15-17-8-3-5-12-24-17)21-26-20(19-10-4-6-13-27(19)21)23(30)28-14-11-16-7-1-2-9-18(16)28/h1-10,12-13H,11,14-15H2,(H,25,29). The maximum atomic E-state index is 13.3. The van der Waals surface area contributed by atoms with Gasteiger partial charge in [0.05, 0.1) is 17.8 Å². The normalized spacial score (nSPS) is 12.7. The molecular formula is C23H19N5O2. The van der Waals surface area contributed by atoms with Gasteiger partial charge in [-0.05, 0) is 42.3 Å². The molecule has 0 aliphatic carbocycles. The summed E-state index contributed by atoms with van der Waals surface area (Å²) in [6, 6.07) is 18.8. The molecule has 1 N–H and O–H groups in total. The van der Waals surface area contributed by atoms with Gasteiger partial charge in [-0.1, -0.05) is 30.3 Å². The number of carbonyl (C=O) groups is 2. The van der Waals surface area contributed by atoms with E-state index in [0.717, 1.165) is 23.4 Å². The smallest absolute Gasteiger partial charge is 0.288 e. The van der Waals surface area contributed by atoms with Gasteiger partial charge in [-0.15, -0.1) is 0 Å². The number of hydrogen-bond acceptors (Lipinski definition) is 4. The topological polar surface area (TPSA) is 79.6 Å². The van der Waals surface area contributed by atoms with Crippen molar-refractivity contribution in [1.82, 2.24) is 19.7 Å². The fourth-order valence-electron chi connectivity index (χ4n) is 3.79. The summed E-state index contributed by atoms with van der Waals surface area (Å²) >= 11 is 0. The minimum absolute atomic E-state index is 0.178. The van der Waals surface area contributed by atoms with Crippen molar-refractivity contribution in [2.24, 2.45) is 0 Å². The molecule has 7 nitrogen and oxygen atoms in total. The first-order valence-corrected chi connectivity index (χ1v) is 9.77. The summed E-state index contributed by atoms with van der Waals surface area (Å²) in [4.78, 5) is 36.6. The number of nitrogens with zero attached hydrogens (tertiary/aromatic N) is 4. The van der Waals surface area contributed by atoms with E-state index >= 15 is 0 Å². The molecule has 148 valence electrons. The molecule has 0 spiro atoms. The second-order valence-electron chi connectivity index (χ2n) is 7.08. The number of amides is 2. The number of nitrogens with one attached hydrogen (secondary N) is 1. The molecule has 1 aliphatic rings. The van der Waals surface area contributed by atoms with Crippen LogP contribution in [0.3, 0.4) is 0 Å². The zero-order chi connectivity index (χ0) is 20.5. The van der Waals surface area contributed by atoms with Gasteiger partial charge in [0.15, 0.2) is 5.69 Å². The summed E-state index contributed by atoms with van der Waals surface area (Å²) in [5.41, 5.74) is 3.67. The molecule has 0 bridgehead atoms. The first-order valence-electron chi connectivity index (χ1n) is 9.77. The predicted octanol–water partition coefficient (Wildman–Crippen LogP) is 2.86. The van der Waals surface area contributed by atoms with Crippen LogP contribution in [0.5, 0.6) is 0 Å². The number of anilines is 1. The third-order valence-corrected chi connectivity index (χ3v) is 5.24. The fourth-order valence-corrected chi connectivity index (χ4v) is 3.79. The largest absolute Gasteiger partial charge is 0.344 e.